The smallest absolute Gasteiger partial charge is 0.0914 e. The number of hydrogen-bond donors (Lipinski definition) is 2. The molecular weight excluding hydrogens is 228 g/mol. The van der Waals surface area contributed by atoms with Crippen LogP contribution in [0.3, 0.4) is 0 Å². The van der Waals surface area contributed by atoms with Crippen LogP contribution >= 0.6 is 0 Å². The molecule has 0 saturated carbocycles. The lowest BCUT2D eigenvalue weighted by Gasteiger charge is -2.11. The summed E-state index contributed by atoms with van der Waals surface area (Å²) in [4.78, 5) is 0. The lowest BCUT2D eigenvalue weighted by Crippen LogP contribution is -1.98. The monoisotopic (exact) mass is 246 g/mol. The van der Waals surface area contributed by atoms with Crippen molar-refractivity contribution in [2.75, 3.05) is 0 Å². The van der Waals surface area contributed by atoms with E-state index in [1.807, 2.05) is 39.1 Å². The van der Waals surface area contributed by atoms with Crippen molar-refractivity contribution in [3.05, 3.63) is 40.6 Å². The van der Waals surface area contributed by atoms with Crippen LogP contribution in [0.4, 0.5) is 0 Å². The fraction of sp³-hybridized carbons (Fsp3) is 0.357. The molecular formula is C14H18N2O2. The Morgan fingerprint density at radius 2 is 1.83 bits per heavy atom. The highest BCUT2D eigenvalue weighted by Crippen LogP contribution is 2.29. The van der Waals surface area contributed by atoms with Gasteiger partial charge in [0.15, 0.2) is 0 Å². The number of aliphatic hydroxyl groups is 2. The van der Waals surface area contributed by atoms with Gasteiger partial charge >= 0.3 is 0 Å². The second-order valence-electron chi connectivity index (χ2n) is 4.45. The Bertz CT molecular complexity index is 573. The quantitative estimate of drug-likeness (QED) is 0.866. The summed E-state index contributed by atoms with van der Waals surface area (Å²) in [6, 6.07) is 5.86. The molecule has 2 aromatic rings. The first-order valence-corrected chi connectivity index (χ1v) is 5.93. The van der Waals surface area contributed by atoms with Gasteiger partial charge in [0.1, 0.15) is 0 Å². The molecule has 1 heterocycles. The second kappa shape index (κ2) is 4.92. The van der Waals surface area contributed by atoms with Crippen LogP contribution in [0.25, 0.3) is 11.3 Å². The van der Waals surface area contributed by atoms with Gasteiger partial charge in [0.2, 0.25) is 0 Å². The summed E-state index contributed by atoms with van der Waals surface area (Å²) in [6.07, 6.45) is 0. The van der Waals surface area contributed by atoms with Crippen LogP contribution in [0, 0.1) is 13.8 Å². The fourth-order valence-electron chi connectivity index (χ4n) is 2.32. The van der Waals surface area contributed by atoms with Crippen LogP contribution in [0.1, 0.15) is 22.4 Å². The van der Waals surface area contributed by atoms with Crippen molar-refractivity contribution in [3.63, 3.8) is 0 Å². The van der Waals surface area contributed by atoms with Crippen molar-refractivity contribution >= 4 is 0 Å². The molecule has 0 fully saturated rings. The predicted molar refractivity (Wildman–Crippen MR) is 70.0 cm³/mol. The van der Waals surface area contributed by atoms with Crippen molar-refractivity contribution in [1.82, 2.24) is 9.78 Å². The highest BCUT2D eigenvalue weighted by atomic mass is 16.3. The highest BCUT2D eigenvalue weighted by molar-refractivity contribution is 5.69. The molecule has 0 amide bonds. The molecule has 4 heteroatoms. The van der Waals surface area contributed by atoms with Crippen molar-refractivity contribution < 1.29 is 10.2 Å². The predicted octanol–water partition coefficient (Wildman–Crippen LogP) is 1.69. The average molecular weight is 246 g/mol. The van der Waals surface area contributed by atoms with Crippen molar-refractivity contribution in [2.24, 2.45) is 7.05 Å². The van der Waals surface area contributed by atoms with E-state index in [0.29, 0.717) is 5.69 Å². The lowest BCUT2D eigenvalue weighted by molar-refractivity contribution is 0.275. The number of rotatable bonds is 3. The van der Waals surface area contributed by atoms with E-state index in [2.05, 4.69) is 5.10 Å². The standard InChI is InChI=1S/C14H18N2O2/c1-9-11(7-17)5-4-6-12(9)14-10(2)13(8-18)15-16(14)3/h4-6,17-18H,7-8H2,1-3H3. The largest absolute Gasteiger partial charge is 0.392 e. The Balaban J connectivity index is 2.66. The molecule has 18 heavy (non-hydrogen) atoms. The molecule has 2 N–H and O–H groups in total. The maximum absolute atomic E-state index is 9.32. The normalized spacial score (nSPS) is 10.9. The summed E-state index contributed by atoms with van der Waals surface area (Å²) < 4.78 is 1.78. The molecule has 0 aliphatic heterocycles. The zero-order valence-electron chi connectivity index (χ0n) is 10.9. The third-order valence-electron chi connectivity index (χ3n) is 3.40. The number of benzene rings is 1. The molecule has 0 aliphatic rings. The maximum atomic E-state index is 9.32. The molecule has 0 unspecified atom stereocenters. The topological polar surface area (TPSA) is 58.3 Å². The molecule has 0 spiro atoms. The Labute approximate surface area is 107 Å². The Morgan fingerprint density at radius 1 is 1.11 bits per heavy atom. The molecule has 0 radical (unpaired) electrons. The summed E-state index contributed by atoms with van der Waals surface area (Å²) >= 11 is 0. The first-order chi connectivity index (χ1) is 8.60. The van der Waals surface area contributed by atoms with E-state index in [1.165, 1.54) is 0 Å². The van der Waals surface area contributed by atoms with Crippen LogP contribution in [-0.2, 0) is 20.3 Å². The number of hydrogen-bond acceptors (Lipinski definition) is 3. The summed E-state index contributed by atoms with van der Waals surface area (Å²) in [5.41, 5.74) is 5.69. The van der Waals surface area contributed by atoms with Gasteiger partial charge in [-0.25, -0.2) is 0 Å². The SMILES string of the molecule is Cc1c(CO)cccc1-c1c(C)c(CO)nn1C. The Morgan fingerprint density at radius 3 is 2.39 bits per heavy atom. The van der Waals surface area contributed by atoms with E-state index in [4.69, 9.17) is 0 Å². The summed E-state index contributed by atoms with van der Waals surface area (Å²) in [5, 5.41) is 22.9. The molecule has 96 valence electrons. The molecule has 1 aromatic heterocycles. The zero-order valence-corrected chi connectivity index (χ0v) is 10.9. The van der Waals surface area contributed by atoms with Gasteiger partial charge < -0.3 is 10.2 Å². The third kappa shape index (κ3) is 1.94. The number of nitrogens with zero attached hydrogens (tertiary/aromatic N) is 2. The average Bonchev–Trinajstić information content (AvgIpc) is 2.65. The van der Waals surface area contributed by atoms with Crippen molar-refractivity contribution in [1.29, 1.82) is 0 Å². The van der Waals surface area contributed by atoms with Gasteiger partial charge in [-0.15, -0.1) is 0 Å². The summed E-state index contributed by atoms with van der Waals surface area (Å²) in [6.45, 7) is 3.92. The van der Waals surface area contributed by atoms with Crippen LogP contribution in [0.2, 0.25) is 0 Å². The van der Waals surface area contributed by atoms with E-state index in [9.17, 15) is 10.2 Å². The Hall–Kier alpha value is -1.65. The van der Waals surface area contributed by atoms with E-state index in [0.717, 1.165) is 27.9 Å². The molecule has 2 rings (SSSR count). The number of aryl methyl sites for hydroxylation is 1. The van der Waals surface area contributed by atoms with Gasteiger partial charge in [-0.3, -0.25) is 4.68 Å². The van der Waals surface area contributed by atoms with Gasteiger partial charge in [-0.05, 0) is 25.0 Å². The van der Waals surface area contributed by atoms with Crippen LogP contribution in [-0.4, -0.2) is 20.0 Å². The van der Waals surface area contributed by atoms with Gasteiger partial charge in [-0.2, -0.15) is 5.10 Å². The molecule has 1 aromatic carbocycles. The van der Waals surface area contributed by atoms with Crippen molar-refractivity contribution in [2.45, 2.75) is 27.1 Å². The van der Waals surface area contributed by atoms with Gasteiger partial charge in [0.05, 0.1) is 24.6 Å². The van der Waals surface area contributed by atoms with Crippen molar-refractivity contribution in [3.8, 4) is 11.3 Å². The summed E-state index contributed by atoms with van der Waals surface area (Å²) in [5.74, 6) is 0. The van der Waals surface area contributed by atoms with E-state index < -0.39 is 0 Å². The van der Waals surface area contributed by atoms with E-state index >= 15 is 0 Å². The maximum Gasteiger partial charge on any atom is 0.0914 e. The van der Waals surface area contributed by atoms with E-state index in [-0.39, 0.29) is 13.2 Å². The first-order valence-electron chi connectivity index (χ1n) is 5.93. The van der Waals surface area contributed by atoms with Gasteiger partial charge in [-0.1, -0.05) is 18.2 Å². The number of aliphatic hydroxyl groups excluding tert-OH is 2. The first kappa shape index (κ1) is 12.8. The highest BCUT2D eigenvalue weighted by Gasteiger charge is 2.15. The molecule has 0 atom stereocenters. The third-order valence-corrected chi connectivity index (χ3v) is 3.40. The van der Waals surface area contributed by atoms with E-state index in [1.54, 1.807) is 4.68 Å². The van der Waals surface area contributed by atoms with Crippen LogP contribution in [0.15, 0.2) is 18.2 Å². The minimum Gasteiger partial charge on any atom is -0.392 e. The Kier molecular flexibility index (Phi) is 3.50. The second-order valence-corrected chi connectivity index (χ2v) is 4.45. The van der Waals surface area contributed by atoms with Gasteiger partial charge in [0, 0.05) is 18.2 Å². The summed E-state index contributed by atoms with van der Waals surface area (Å²) in [7, 11) is 1.87. The van der Waals surface area contributed by atoms with Crippen LogP contribution < -0.4 is 0 Å². The lowest BCUT2D eigenvalue weighted by atomic mass is 9.98. The molecule has 0 saturated heterocycles. The fourth-order valence-corrected chi connectivity index (χ4v) is 2.32. The minimum absolute atomic E-state index is 0.0312. The zero-order chi connectivity index (χ0) is 13.3. The van der Waals surface area contributed by atoms with Gasteiger partial charge in [0.25, 0.3) is 0 Å². The molecule has 0 aliphatic carbocycles. The van der Waals surface area contributed by atoms with Crippen LogP contribution in [0.5, 0.6) is 0 Å². The molecule has 4 nitrogen and oxygen atoms in total. The minimum atomic E-state index is -0.0571. The molecule has 0 bridgehead atoms. The number of aromatic nitrogens is 2.